The number of nitrogens with zero attached hydrogens (tertiary/aromatic N) is 2. The molecule has 1 rings (SSSR count). The van der Waals surface area contributed by atoms with Crippen molar-refractivity contribution in [2.75, 3.05) is 0 Å². The van der Waals surface area contributed by atoms with Gasteiger partial charge in [0.1, 0.15) is 0 Å². The van der Waals surface area contributed by atoms with Crippen molar-refractivity contribution in [3.05, 3.63) is 32.5 Å². The molecule has 0 radical (unpaired) electrons. The van der Waals surface area contributed by atoms with Gasteiger partial charge >= 0.3 is 12.2 Å². The maximum absolute atomic E-state index is 12.3. The molecule has 0 fully saturated rings. The minimum atomic E-state index is -3.06. The van der Waals surface area contributed by atoms with Gasteiger partial charge in [-0.25, -0.2) is 8.78 Å². The van der Waals surface area contributed by atoms with Gasteiger partial charge in [0.2, 0.25) is 5.69 Å². The topological polar surface area (TPSA) is 73.1 Å². The van der Waals surface area contributed by atoms with E-state index in [1.807, 2.05) is 0 Å². The third-order valence-corrected chi connectivity index (χ3v) is 2.14. The van der Waals surface area contributed by atoms with Crippen LogP contribution in [-0.4, -0.2) is 15.1 Å². The number of alkyl halides is 2. The quantitative estimate of drug-likeness (QED) is 0.481. The fourth-order valence-corrected chi connectivity index (χ4v) is 1.36. The molecule has 86 valence electrons. The van der Waals surface area contributed by atoms with Crippen LogP contribution in [0, 0.1) is 10.1 Å². The van der Waals surface area contributed by atoms with Crippen molar-refractivity contribution in [2.24, 2.45) is 0 Å². The monoisotopic (exact) mass is 270 g/mol. The minimum Gasteiger partial charge on any atom is -0.358 e. The molecule has 0 aliphatic rings. The number of pyridine rings is 1. The van der Waals surface area contributed by atoms with Gasteiger partial charge in [0, 0.05) is 6.07 Å². The Hall–Kier alpha value is -1.34. The van der Waals surface area contributed by atoms with Crippen LogP contribution in [0.3, 0.4) is 0 Å². The molecule has 0 saturated carbocycles. The molecule has 0 aliphatic heterocycles. The first-order chi connectivity index (χ1) is 7.34. The molecule has 5 nitrogen and oxygen atoms in total. The molecule has 1 aromatic heterocycles. The molecule has 0 amide bonds. The van der Waals surface area contributed by atoms with Crippen LogP contribution in [0.15, 0.2) is 6.07 Å². The molecule has 0 aromatic carbocycles. The Kier molecular flexibility index (Phi) is 3.71. The molecule has 0 saturated heterocycles. The summed E-state index contributed by atoms with van der Waals surface area (Å²) >= 11 is 10.5. The molecule has 9 heteroatoms. The second-order valence-electron chi connectivity index (χ2n) is 2.56. The van der Waals surface area contributed by atoms with Crippen LogP contribution >= 0.6 is 23.2 Å². The Balaban J connectivity index is 3.51. The predicted molar refractivity (Wildman–Crippen MR) is 51.0 cm³/mol. The number of hydrogen-bond acceptors (Lipinski definition) is 4. The molecular formula is C7H2Cl2F2N2O3. The molecule has 1 heterocycles. The van der Waals surface area contributed by atoms with E-state index < -0.39 is 38.7 Å². The van der Waals surface area contributed by atoms with E-state index in [9.17, 15) is 23.7 Å². The van der Waals surface area contributed by atoms with Crippen molar-refractivity contribution in [1.29, 1.82) is 0 Å². The van der Waals surface area contributed by atoms with Gasteiger partial charge < -0.3 is 10.1 Å². The van der Waals surface area contributed by atoms with E-state index >= 15 is 0 Å². The average Bonchev–Trinajstić information content (AvgIpc) is 2.16. The van der Waals surface area contributed by atoms with Crippen molar-refractivity contribution in [2.45, 2.75) is 6.43 Å². The number of rotatable bonds is 3. The lowest BCUT2D eigenvalue weighted by Gasteiger charge is -2.01. The molecule has 0 atom stereocenters. The average molecular weight is 271 g/mol. The lowest BCUT2D eigenvalue weighted by atomic mass is 10.2. The summed E-state index contributed by atoms with van der Waals surface area (Å²) in [6.07, 6.45) is -3.06. The molecular weight excluding hydrogens is 269 g/mol. The fraction of sp³-hybridized carbons (Fsp3) is 0.143. The van der Waals surface area contributed by atoms with Crippen LogP contribution < -0.4 is 0 Å². The first-order valence-electron chi connectivity index (χ1n) is 3.67. The molecule has 0 aliphatic carbocycles. The molecule has 16 heavy (non-hydrogen) atoms. The summed E-state index contributed by atoms with van der Waals surface area (Å²) in [6.45, 7) is 0. The van der Waals surface area contributed by atoms with Gasteiger partial charge in [-0.05, 0) is 21.5 Å². The van der Waals surface area contributed by atoms with Crippen LogP contribution in [0.5, 0.6) is 0 Å². The molecule has 0 bridgehead atoms. The zero-order chi connectivity index (χ0) is 12.5. The largest absolute Gasteiger partial charge is 0.383 e. The smallest absolute Gasteiger partial charge is 0.358 e. The molecule has 0 unspecified atom stereocenters. The lowest BCUT2D eigenvalue weighted by molar-refractivity contribution is -0.389. The number of aromatic nitrogens is 1. The second kappa shape index (κ2) is 4.67. The third-order valence-electron chi connectivity index (χ3n) is 1.57. The Labute approximate surface area is 97.1 Å². The summed E-state index contributed by atoms with van der Waals surface area (Å²) < 4.78 is 24.6. The van der Waals surface area contributed by atoms with Gasteiger partial charge in [-0.3, -0.25) is 4.79 Å². The van der Waals surface area contributed by atoms with E-state index in [1.165, 1.54) is 0 Å². The van der Waals surface area contributed by atoms with Crippen LogP contribution in [0.1, 0.15) is 22.5 Å². The maximum Gasteiger partial charge on any atom is 0.383 e. The highest BCUT2D eigenvalue weighted by Crippen LogP contribution is 2.31. The van der Waals surface area contributed by atoms with E-state index in [0.717, 1.165) is 0 Å². The molecule has 0 N–H and O–H groups in total. The zero-order valence-electron chi connectivity index (χ0n) is 7.29. The van der Waals surface area contributed by atoms with Gasteiger partial charge in [-0.15, -0.1) is 0 Å². The van der Waals surface area contributed by atoms with Crippen molar-refractivity contribution >= 4 is 34.3 Å². The summed E-state index contributed by atoms with van der Waals surface area (Å²) in [7, 11) is 0. The number of carbonyl (C=O) groups excluding carboxylic acids is 1. The van der Waals surface area contributed by atoms with E-state index in [2.05, 4.69) is 4.98 Å². The fourth-order valence-electron chi connectivity index (χ4n) is 0.911. The number of nitro groups is 1. The van der Waals surface area contributed by atoms with Crippen LogP contribution in [0.4, 0.5) is 14.6 Å². The highest BCUT2D eigenvalue weighted by atomic mass is 35.5. The van der Waals surface area contributed by atoms with Crippen molar-refractivity contribution in [3.8, 4) is 0 Å². The molecule has 0 spiro atoms. The summed E-state index contributed by atoms with van der Waals surface area (Å²) in [4.78, 5) is 23.2. The Bertz CT molecular complexity index is 432. The Morgan fingerprint density at radius 1 is 1.56 bits per heavy atom. The normalized spacial score (nSPS) is 10.6. The van der Waals surface area contributed by atoms with Crippen LogP contribution in [0.25, 0.3) is 0 Å². The second-order valence-corrected chi connectivity index (χ2v) is 3.29. The summed E-state index contributed by atoms with van der Waals surface area (Å²) in [6, 6.07) is 0.620. The number of halogens is 4. The Morgan fingerprint density at radius 2 is 2.12 bits per heavy atom. The minimum absolute atomic E-state index is 0.569. The first kappa shape index (κ1) is 12.7. The van der Waals surface area contributed by atoms with Crippen molar-refractivity contribution < 1.29 is 18.5 Å². The number of carbonyl (C=O) groups is 1. The van der Waals surface area contributed by atoms with Crippen molar-refractivity contribution in [3.63, 3.8) is 0 Å². The predicted octanol–water partition coefficient (Wildman–Crippen LogP) is 2.96. The summed E-state index contributed by atoms with van der Waals surface area (Å²) in [5.74, 6) is -1.02. The van der Waals surface area contributed by atoms with E-state index in [-0.39, 0.29) is 0 Å². The zero-order valence-corrected chi connectivity index (χ0v) is 8.80. The van der Waals surface area contributed by atoms with Gasteiger partial charge in [-0.2, -0.15) is 0 Å². The van der Waals surface area contributed by atoms with Gasteiger partial charge in [-0.1, -0.05) is 11.6 Å². The third kappa shape index (κ3) is 2.42. The van der Waals surface area contributed by atoms with Crippen molar-refractivity contribution in [1.82, 2.24) is 4.98 Å². The van der Waals surface area contributed by atoms with Gasteiger partial charge in [0.15, 0.2) is 5.02 Å². The van der Waals surface area contributed by atoms with E-state index in [4.69, 9.17) is 23.2 Å². The SMILES string of the molecule is O=C(Cl)c1cc(C(F)F)nc([N+](=O)[O-])c1Cl. The first-order valence-corrected chi connectivity index (χ1v) is 4.43. The van der Waals surface area contributed by atoms with Gasteiger partial charge in [0.05, 0.1) is 5.56 Å². The number of hydrogen-bond donors (Lipinski definition) is 0. The molecule has 1 aromatic rings. The van der Waals surface area contributed by atoms with E-state index in [1.54, 1.807) is 0 Å². The summed E-state index contributed by atoms with van der Waals surface area (Å²) in [5, 5.41) is 8.60. The standard InChI is InChI=1S/C7H2Cl2F2N2O3/c8-4-2(5(9)14)1-3(6(10)11)12-7(4)13(15)16/h1,6H. The lowest BCUT2D eigenvalue weighted by Crippen LogP contribution is -2.03. The van der Waals surface area contributed by atoms with Gasteiger partial charge in [0.25, 0.3) is 5.24 Å². The highest BCUT2D eigenvalue weighted by molar-refractivity contribution is 6.68. The van der Waals surface area contributed by atoms with E-state index in [0.29, 0.717) is 6.07 Å². The summed E-state index contributed by atoms with van der Waals surface area (Å²) in [5.41, 5.74) is -1.50. The van der Waals surface area contributed by atoms with Crippen LogP contribution in [0.2, 0.25) is 5.02 Å². The highest BCUT2D eigenvalue weighted by Gasteiger charge is 2.27. The Morgan fingerprint density at radius 3 is 2.50 bits per heavy atom. The maximum atomic E-state index is 12.3. The van der Waals surface area contributed by atoms with Crippen LogP contribution in [-0.2, 0) is 0 Å².